The van der Waals surface area contributed by atoms with Crippen molar-refractivity contribution in [3.05, 3.63) is 34.9 Å². The minimum atomic E-state index is 0.399. The Bertz CT molecular complexity index is 250. The molecule has 0 nitrogen and oxygen atoms in total. The second-order valence-electron chi connectivity index (χ2n) is 2.50. The maximum atomic E-state index is 5.86. The van der Waals surface area contributed by atoms with Crippen LogP contribution in [0.25, 0.3) is 0 Å². The highest BCUT2D eigenvalue weighted by Crippen LogP contribution is 2.28. The molecule has 0 heterocycles. The molecule has 0 spiro atoms. The second-order valence-corrected chi connectivity index (χ2v) is 4.83. The quantitative estimate of drug-likeness (QED) is 0.718. The average molecular weight is 312 g/mol. The number of hydrogen-bond donors (Lipinski definition) is 0. The summed E-state index contributed by atoms with van der Waals surface area (Å²) in [5.41, 5.74) is 1.24. The van der Waals surface area contributed by atoms with Gasteiger partial charge in [-0.1, -0.05) is 55.6 Å². The van der Waals surface area contributed by atoms with Crippen molar-refractivity contribution >= 4 is 43.5 Å². The first-order valence-electron chi connectivity index (χ1n) is 3.69. The average Bonchev–Trinajstić information content (AvgIpc) is 2.05. The smallest absolute Gasteiger partial charge is 0.0409 e. The third-order valence-corrected chi connectivity index (χ3v) is 3.25. The van der Waals surface area contributed by atoms with Gasteiger partial charge < -0.3 is 0 Å². The molecule has 0 radical (unpaired) electrons. The van der Waals surface area contributed by atoms with E-state index in [-0.39, 0.29) is 0 Å². The Labute approximate surface area is 94.6 Å². The summed E-state index contributed by atoms with van der Waals surface area (Å²) in [7, 11) is 0. The Balaban J connectivity index is 2.73. The third-order valence-electron chi connectivity index (χ3n) is 1.57. The van der Waals surface area contributed by atoms with Crippen LogP contribution in [-0.4, -0.2) is 5.33 Å². The molecular formula is C9H9Br2Cl. The highest BCUT2D eigenvalue weighted by atomic mass is 79.9. The summed E-state index contributed by atoms with van der Waals surface area (Å²) in [6.45, 7) is 0. The van der Waals surface area contributed by atoms with E-state index in [0.29, 0.717) is 4.83 Å². The molecule has 0 bridgehead atoms. The van der Waals surface area contributed by atoms with Gasteiger partial charge in [-0.05, 0) is 24.1 Å². The summed E-state index contributed by atoms with van der Waals surface area (Å²) in [5, 5.41) is 1.79. The summed E-state index contributed by atoms with van der Waals surface area (Å²) < 4.78 is 0. The van der Waals surface area contributed by atoms with Gasteiger partial charge in [0.25, 0.3) is 0 Å². The topological polar surface area (TPSA) is 0 Å². The fourth-order valence-corrected chi connectivity index (χ4v) is 2.75. The minimum Gasteiger partial charge on any atom is -0.0928 e. The van der Waals surface area contributed by atoms with Crippen molar-refractivity contribution in [3.8, 4) is 0 Å². The molecule has 12 heavy (non-hydrogen) atoms. The Morgan fingerprint density at radius 3 is 2.75 bits per heavy atom. The molecule has 1 aromatic carbocycles. The van der Waals surface area contributed by atoms with Gasteiger partial charge in [-0.2, -0.15) is 0 Å². The van der Waals surface area contributed by atoms with E-state index >= 15 is 0 Å². The van der Waals surface area contributed by atoms with Gasteiger partial charge in [0.05, 0.1) is 0 Å². The van der Waals surface area contributed by atoms with Gasteiger partial charge in [0.1, 0.15) is 0 Å². The molecule has 0 saturated carbocycles. The predicted octanol–water partition coefficient (Wildman–Crippen LogP) is 4.56. The second kappa shape index (κ2) is 5.25. The first kappa shape index (κ1) is 10.6. The number of alkyl halides is 2. The summed E-state index contributed by atoms with van der Waals surface area (Å²) in [6, 6.07) is 7.93. The standard InChI is InChI=1S/C9H9Br2Cl/c10-5-4-9(11)7-2-1-3-8(12)6-7/h1-3,6,9H,4-5H2. The Morgan fingerprint density at radius 1 is 1.42 bits per heavy atom. The molecule has 0 aliphatic carbocycles. The van der Waals surface area contributed by atoms with E-state index in [1.165, 1.54) is 5.56 Å². The molecule has 0 fully saturated rings. The van der Waals surface area contributed by atoms with E-state index in [4.69, 9.17) is 11.6 Å². The molecule has 0 saturated heterocycles. The Morgan fingerprint density at radius 2 is 2.17 bits per heavy atom. The van der Waals surface area contributed by atoms with Gasteiger partial charge in [0, 0.05) is 15.2 Å². The molecule has 0 aromatic heterocycles. The lowest BCUT2D eigenvalue weighted by molar-refractivity contribution is 0.929. The van der Waals surface area contributed by atoms with Crippen molar-refractivity contribution < 1.29 is 0 Å². The lowest BCUT2D eigenvalue weighted by Crippen LogP contribution is -1.89. The Hall–Kier alpha value is 0.470. The molecule has 1 aromatic rings. The van der Waals surface area contributed by atoms with Crippen LogP contribution in [0, 0.1) is 0 Å². The van der Waals surface area contributed by atoms with Crippen molar-refractivity contribution in [2.24, 2.45) is 0 Å². The van der Waals surface area contributed by atoms with Crippen LogP contribution >= 0.6 is 43.5 Å². The summed E-state index contributed by atoms with van der Waals surface area (Å²) >= 11 is 12.9. The van der Waals surface area contributed by atoms with Gasteiger partial charge in [0.15, 0.2) is 0 Å². The van der Waals surface area contributed by atoms with Crippen LogP contribution in [0.15, 0.2) is 24.3 Å². The van der Waals surface area contributed by atoms with Crippen LogP contribution < -0.4 is 0 Å². The summed E-state index contributed by atoms with van der Waals surface area (Å²) in [4.78, 5) is 0.399. The van der Waals surface area contributed by atoms with E-state index in [2.05, 4.69) is 37.9 Å². The number of benzene rings is 1. The molecule has 1 atom stereocenters. The van der Waals surface area contributed by atoms with Crippen LogP contribution in [0.3, 0.4) is 0 Å². The van der Waals surface area contributed by atoms with Crippen molar-refractivity contribution in [1.82, 2.24) is 0 Å². The number of rotatable bonds is 3. The normalized spacial score (nSPS) is 12.9. The molecule has 0 N–H and O–H groups in total. The van der Waals surface area contributed by atoms with Crippen molar-refractivity contribution in [1.29, 1.82) is 0 Å². The monoisotopic (exact) mass is 310 g/mol. The Kier molecular flexibility index (Phi) is 4.62. The van der Waals surface area contributed by atoms with Gasteiger partial charge in [-0.25, -0.2) is 0 Å². The molecule has 3 heteroatoms. The van der Waals surface area contributed by atoms with E-state index in [1.807, 2.05) is 18.2 Å². The SMILES string of the molecule is Clc1cccc(C(Br)CCBr)c1. The highest BCUT2D eigenvalue weighted by Gasteiger charge is 2.05. The molecule has 0 aliphatic heterocycles. The maximum Gasteiger partial charge on any atom is 0.0409 e. The molecule has 1 rings (SSSR count). The van der Waals surface area contributed by atoms with Crippen molar-refractivity contribution in [2.45, 2.75) is 11.2 Å². The summed E-state index contributed by atoms with van der Waals surface area (Å²) in [5.74, 6) is 0. The minimum absolute atomic E-state index is 0.399. The zero-order chi connectivity index (χ0) is 8.97. The largest absolute Gasteiger partial charge is 0.0928 e. The van der Waals surface area contributed by atoms with Gasteiger partial charge in [0.2, 0.25) is 0 Å². The first-order chi connectivity index (χ1) is 5.74. The van der Waals surface area contributed by atoms with Crippen LogP contribution in [0.1, 0.15) is 16.8 Å². The molecule has 0 amide bonds. The van der Waals surface area contributed by atoms with Gasteiger partial charge >= 0.3 is 0 Å². The zero-order valence-electron chi connectivity index (χ0n) is 6.43. The molecule has 66 valence electrons. The van der Waals surface area contributed by atoms with Crippen molar-refractivity contribution in [3.63, 3.8) is 0 Å². The zero-order valence-corrected chi connectivity index (χ0v) is 10.4. The van der Waals surface area contributed by atoms with Gasteiger partial charge in [-0.3, -0.25) is 0 Å². The number of hydrogen-bond acceptors (Lipinski definition) is 0. The van der Waals surface area contributed by atoms with E-state index in [0.717, 1.165) is 16.8 Å². The highest BCUT2D eigenvalue weighted by molar-refractivity contribution is 9.09. The molecule has 0 aliphatic rings. The van der Waals surface area contributed by atoms with Crippen LogP contribution in [-0.2, 0) is 0 Å². The van der Waals surface area contributed by atoms with Crippen LogP contribution in [0.4, 0.5) is 0 Å². The fraction of sp³-hybridized carbons (Fsp3) is 0.333. The van der Waals surface area contributed by atoms with Crippen LogP contribution in [0.2, 0.25) is 5.02 Å². The van der Waals surface area contributed by atoms with E-state index in [9.17, 15) is 0 Å². The summed E-state index contributed by atoms with van der Waals surface area (Å²) in [6.07, 6.45) is 1.07. The fourth-order valence-electron chi connectivity index (χ4n) is 0.964. The lowest BCUT2D eigenvalue weighted by atomic mass is 10.1. The van der Waals surface area contributed by atoms with E-state index < -0.39 is 0 Å². The number of halogens is 3. The van der Waals surface area contributed by atoms with Gasteiger partial charge in [-0.15, -0.1) is 0 Å². The predicted molar refractivity (Wildman–Crippen MR) is 61.5 cm³/mol. The maximum absolute atomic E-state index is 5.86. The molecular weight excluding hydrogens is 303 g/mol. The lowest BCUT2D eigenvalue weighted by Gasteiger charge is -2.07. The first-order valence-corrected chi connectivity index (χ1v) is 6.11. The van der Waals surface area contributed by atoms with Crippen LogP contribution in [0.5, 0.6) is 0 Å². The van der Waals surface area contributed by atoms with E-state index in [1.54, 1.807) is 0 Å². The third kappa shape index (κ3) is 3.08. The molecule has 1 unspecified atom stereocenters. The van der Waals surface area contributed by atoms with Crippen molar-refractivity contribution in [2.75, 3.05) is 5.33 Å².